The van der Waals surface area contributed by atoms with Crippen molar-refractivity contribution in [2.75, 3.05) is 0 Å². The number of hydrogen-bond donors (Lipinski definition) is 5. The lowest BCUT2D eigenvalue weighted by Crippen LogP contribution is -1.77. The molecule has 0 spiro atoms. The predicted molar refractivity (Wildman–Crippen MR) is 89.1 cm³/mol. The Morgan fingerprint density at radius 3 is 1.14 bits per heavy atom. The summed E-state index contributed by atoms with van der Waals surface area (Å²) in [6.07, 6.45) is 13.0. The highest BCUT2D eigenvalue weighted by atomic mass is 16.3. The van der Waals surface area contributed by atoms with Gasteiger partial charge in [0.2, 0.25) is 0 Å². The van der Waals surface area contributed by atoms with Crippen molar-refractivity contribution in [1.82, 2.24) is 19.9 Å². The Kier molecular flexibility index (Phi) is 10.2. The second-order valence-electron chi connectivity index (χ2n) is 4.01. The quantitative estimate of drug-likeness (QED) is 0.366. The van der Waals surface area contributed by atoms with Crippen LogP contribution in [-0.2, 0) is 6.61 Å². The van der Waals surface area contributed by atoms with Crippen LogP contribution >= 0.6 is 0 Å². The zero-order chi connectivity index (χ0) is 15.7. The molecule has 0 aromatic carbocycles. The Balaban J connectivity index is 0.000000148. The van der Waals surface area contributed by atoms with E-state index in [9.17, 15) is 0 Å². The number of H-pyrrole nitrogens is 4. The Hall–Kier alpha value is -2.92. The van der Waals surface area contributed by atoms with Gasteiger partial charge >= 0.3 is 0 Å². The number of rotatable bonds is 1. The lowest BCUT2D eigenvalue weighted by atomic mass is 10.5. The molecule has 0 atom stereocenters. The van der Waals surface area contributed by atoms with E-state index in [2.05, 4.69) is 19.9 Å². The van der Waals surface area contributed by atoms with Crippen LogP contribution < -0.4 is 0 Å². The Morgan fingerprint density at radius 2 is 1.00 bits per heavy atom. The highest BCUT2D eigenvalue weighted by Crippen LogP contribution is 1.90. The Labute approximate surface area is 130 Å². The molecule has 0 aliphatic heterocycles. The van der Waals surface area contributed by atoms with Crippen LogP contribution in [-0.4, -0.2) is 25.0 Å². The van der Waals surface area contributed by atoms with Crippen molar-refractivity contribution in [3.05, 3.63) is 97.6 Å². The lowest BCUT2D eigenvalue weighted by Gasteiger charge is -1.81. The highest BCUT2D eigenvalue weighted by Gasteiger charge is 1.82. The van der Waals surface area contributed by atoms with Crippen LogP contribution in [0.4, 0.5) is 0 Å². The SMILES string of the molecule is OCc1ccc[nH]1.c1cc[nH]c1.c1cc[nH]c1.c1cc[nH]c1. The number of aliphatic hydroxyl groups is 1. The zero-order valence-electron chi connectivity index (χ0n) is 12.3. The average Bonchev–Trinajstić information content (AvgIpc) is 3.44. The van der Waals surface area contributed by atoms with Crippen LogP contribution in [0.5, 0.6) is 0 Å². The maximum absolute atomic E-state index is 8.40. The topological polar surface area (TPSA) is 83.4 Å². The van der Waals surface area contributed by atoms with E-state index in [4.69, 9.17) is 5.11 Å². The van der Waals surface area contributed by atoms with Crippen LogP contribution in [0.1, 0.15) is 5.69 Å². The van der Waals surface area contributed by atoms with Crippen molar-refractivity contribution >= 4 is 0 Å². The van der Waals surface area contributed by atoms with Gasteiger partial charge in [0.05, 0.1) is 6.61 Å². The van der Waals surface area contributed by atoms with E-state index in [1.54, 1.807) is 6.20 Å². The normalized spacial score (nSPS) is 8.41. The molecule has 0 saturated heterocycles. The van der Waals surface area contributed by atoms with Crippen molar-refractivity contribution in [1.29, 1.82) is 0 Å². The van der Waals surface area contributed by atoms with E-state index < -0.39 is 0 Å². The molecule has 0 saturated carbocycles. The lowest BCUT2D eigenvalue weighted by molar-refractivity contribution is 0.277. The molecule has 4 rings (SSSR count). The molecule has 5 N–H and O–H groups in total. The van der Waals surface area contributed by atoms with Crippen LogP contribution in [0.3, 0.4) is 0 Å². The van der Waals surface area contributed by atoms with E-state index in [0.717, 1.165) is 5.69 Å². The number of aromatic amines is 4. The van der Waals surface area contributed by atoms with Gasteiger partial charge < -0.3 is 25.0 Å². The van der Waals surface area contributed by atoms with Gasteiger partial charge in [-0.15, -0.1) is 0 Å². The van der Waals surface area contributed by atoms with Crippen LogP contribution in [0.25, 0.3) is 0 Å². The Morgan fingerprint density at radius 1 is 0.591 bits per heavy atom. The first-order chi connectivity index (χ1) is 10.9. The summed E-state index contributed by atoms with van der Waals surface area (Å²) in [5, 5.41) is 8.40. The molecule has 4 aromatic heterocycles. The fraction of sp³-hybridized carbons (Fsp3) is 0.0588. The van der Waals surface area contributed by atoms with Gasteiger partial charge in [-0.1, -0.05) is 0 Å². The summed E-state index contributed by atoms with van der Waals surface area (Å²) in [6, 6.07) is 15.4. The number of aromatic nitrogens is 4. The largest absolute Gasteiger partial charge is 0.390 e. The van der Waals surface area contributed by atoms with E-state index in [-0.39, 0.29) is 6.61 Å². The van der Waals surface area contributed by atoms with Crippen LogP contribution in [0, 0.1) is 0 Å². The molecule has 5 nitrogen and oxygen atoms in total. The summed E-state index contributed by atoms with van der Waals surface area (Å²) in [7, 11) is 0. The maximum atomic E-state index is 8.40. The minimum absolute atomic E-state index is 0.104. The fourth-order valence-electron chi connectivity index (χ4n) is 1.30. The van der Waals surface area contributed by atoms with Crippen molar-refractivity contribution in [2.45, 2.75) is 6.61 Å². The second kappa shape index (κ2) is 13.1. The predicted octanol–water partition coefficient (Wildman–Crippen LogP) is 3.55. The van der Waals surface area contributed by atoms with E-state index >= 15 is 0 Å². The van der Waals surface area contributed by atoms with Gasteiger partial charge in [0, 0.05) is 49.1 Å². The third-order valence-corrected chi connectivity index (χ3v) is 2.32. The number of hydrogen-bond acceptors (Lipinski definition) is 1. The average molecular weight is 298 g/mol. The van der Waals surface area contributed by atoms with Crippen molar-refractivity contribution in [3.63, 3.8) is 0 Å². The summed E-state index contributed by atoms with van der Waals surface area (Å²) in [4.78, 5) is 11.4. The first kappa shape index (κ1) is 17.1. The van der Waals surface area contributed by atoms with Gasteiger partial charge in [0.25, 0.3) is 0 Å². The third-order valence-electron chi connectivity index (χ3n) is 2.32. The molecule has 0 bridgehead atoms. The Bertz CT molecular complexity index is 467. The molecule has 116 valence electrons. The minimum Gasteiger partial charge on any atom is -0.390 e. The van der Waals surface area contributed by atoms with Gasteiger partial charge in [-0.05, 0) is 48.5 Å². The summed E-state index contributed by atoms with van der Waals surface area (Å²) in [6.45, 7) is 0.104. The smallest absolute Gasteiger partial charge is 0.0830 e. The van der Waals surface area contributed by atoms with E-state index in [1.807, 2.05) is 85.7 Å². The molecule has 22 heavy (non-hydrogen) atoms. The van der Waals surface area contributed by atoms with Crippen molar-refractivity contribution in [2.24, 2.45) is 0 Å². The third kappa shape index (κ3) is 9.94. The van der Waals surface area contributed by atoms with E-state index in [1.165, 1.54) is 0 Å². The van der Waals surface area contributed by atoms with Crippen molar-refractivity contribution < 1.29 is 5.11 Å². The molecule has 0 radical (unpaired) electrons. The molecule has 5 heteroatoms. The molecule has 4 aromatic rings. The highest BCUT2D eigenvalue weighted by molar-refractivity contribution is 5.01. The molecule has 0 unspecified atom stereocenters. The maximum Gasteiger partial charge on any atom is 0.0830 e. The molecular formula is C17H22N4O. The van der Waals surface area contributed by atoms with Crippen LogP contribution in [0.15, 0.2) is 91.9 Å². The molecular weight excluding hydrogens is 276 g/mol. The first-order valence-electron chi connectivity index (χ1n) is 6.90. The monoisotopic (exact) mass is 298 g/mol. The summed E-state index contributed by atoms with van der Waals surface area (Å²) in [5.74, 6) is 0. The molecule has 0 aliphatic carbocycles. The minimum atomic E-state index is 0.104. The molecule has 4 heterocycles. The zero-order valence-corrected chi connectivity index (χ0v) is 12.3. The molecule has 0 aliphatic rings. The summed E-state index contributed by atoms with van der Waals surface area (Å²) in [5.41, 5.74) is 0.861. The van der Waals surface area contributed by atoms with Gasteiger partial charge in [0.1, 0.15) is 0 Å². The van der Waals surface area contributed by atoms with Gasteiger partial charge in [-0.2, -0.15) is 0 Å². The number of aliphatic hydroxyl groups excluding tert-OH is 1. The van der Waals surface area contributed by atoms with Gasteiger partial charge in [-0.25, -0.2) is 0 Å². The fourth-order valence-corrected chi connectivity index (χ4v) is 1.30. The van der Waals surface area contributed by atoms with Gasteiger partial charge in [0.15, 0.2) is 0 Å². The molecule has 0 amide bonds. The molecule has 0 fully saturated rings. The standard InChI is InChI=1S/C5H7NO.3C4H5N/c7-4-5-2-1-3-6-5;3*1-2-4-5-3-1/h1-3,6-7H,4H2;3*1-5H. The first-order valence-corrected chi connectivity index (χ1v) is 6.90. The number of nitrogens with one attached hydrogen (secondary N) is 4. The second-order valence-corrected chi connectivity index (χ2v) is 4.01. The summed E-state index contributed by atoms with van der Waals surface area (Å²) >= 11 is 0. The van der Waals surface area contributed by atoms with Crippen molar-refractivity contribution in [3.8, 4) is 0 Å². The summed E-state index contributed by atoms with van der Waals surface area (Å²) < 4.78 is 0. The van der Waals surface area contributed by atoms with Crippen LogP contribution in [0.2, 0.25) is 0 Å². The van der Waals surface area contributed by atoms with Gasteiger partial charge in [-0.3, -0.25) is 0 Å². The van der Waals surface area contributed by atoms with E-state index in [0.29, 0.717) is 0 Å².